The maximum Gasteiger partial charge on any atom is 0.340 e. The van der Waals surface area contributed by atoms with Crippen molar-refractivity contribution in [3.8, 4) is 34.5 Å². The highest BCUT2D eigenvalue weighted by molar-refractivity contribution is 7.91. The number of benzene rings is 9. The van der Waals surface area contributed by atoms with Crippen molar-refractivity contribution < 1.29 is 45.3 Å². The second-order valence-corrected chi connectivity index (χ2v) is 22.4. The molecule has 1 heterocycles. The van der Waals surface area contributed by atoms with E-state index in [1.807, 2.05) is 120 Å². The first-order chi connectivity index (χ1) is 38.0. The Bertz CT molecular complexity index is 3670. The van der Waals surface area contributed by atoms with Crippen LogP contribution < -0.4 is 18.9 Å². The average molecular weight is 1100 g/mol. The molecule has 12 heteroatoms. The van der Waals surface area contributed by atoms with Gasteiger partial charge in [0.1, 0.15) is 34.5 Å². The number of aryl methyl sites for hydroxylation is 2. The summed E-state index contributed by atoms with van der Waals surface area (Å²) in [6.45, 7) is 16.2. The summed E-state index contributed by atoms with van der Waals surface area (Å²) in [4.78, 5) is 13.9. The quantitative estimate of drug-likeness (QED) is 0.0970. The summed E-state index contributed by atoms with van der Waals surface area (Å²) in [5.41, 5.74) is 5.85. The largest absolute Gasteiger partial charge is 0.497 e. The molecule has 0 radical (unpaired) electrons. The van der Waals surface area contributed by atoms with E-state index in [0.29, 0.717) is 34.3 Å². The lowest BCUT2D eigenvalue weighted by Gasteiger charge is -2.30. The molecule has 0 saturated carbocycles. The van der Waals surface area contributed by atoms with Gasteiger partial charge in [-0.2, -0.15) is 0 Å². The normalized spacial score (nSPS) is 13.6. The lowest BCUT2D eigenvalue weighted by Crippen LogP contribution is -2.29. The molecule has 0 fully saturated rings. The Hall–Kier alpha value is -8.45. The number of fused-ring (bicyclic) bond motifs is 1. The molecule has 1 unspecified atom stereocenters. The van der Waals surface area contributed by atoms with E-state index in [2.05, 4.69) is 38.1 Å². The van der Waals surface area contributed by atoms with Gasteiger partial charge < -0.3 is 23.7 Å². The van der Waals surface area contributed by atoms with E-state index in [9.17, 15) is 21.6 Å². The Labute approximate surface area is 466 Å². The van der Waals surface area contributed by atoms with Crippen LogP contribution in [0.2, 0.25) is 0 Å². The number of sulfone groups is 2. The minimum absolute atomic E-state index is 0.184. The van der Waals surface area contributed by atoms with Crippen LogP contribution in [0.15, 0.2) is 238 Å². The standard InChI is InChI=1S/C34H26O6S.C29H28O4S.2C2H6/c1-23-7-19-29(20-8-23)41(36,37)30-21-17-28(18-22-30)39-27-15-11-25(12-16-27)34(24-9-13-26(38-2)14-10-24)32-6-4-3-5-31(32)33(35)40-34;1-21-5-17-27(18-6-21)34(30,31)28-19-15-26(16-20-28)33-25-13-9-23(10-14-25)29(2,3)22-7-11-24(32-4)12-8-22;2*1-2/h3-22H,1-2H3;5-20H,1-4H3;2*1-2H3. The molecule has 406 valence electrons. The number of cyclic esters (lactones) is 1. The third-order valence-electron chi connectivity index (χ3n) is 13.3. The minimum Gasteiger partial charge on any atom is -0.497 e. The van der Waals surface area contributed by atoms with E-state index >= 15 is 0 Å². The van der Waals surface area contributed by atoms with Crippen LogP contribution in [0.1, 0.15) is 90.8 Å². The van der Waals surface area contributed by atoms with Crippen LogP contribution in [0, 0.1) is 13.8 Å². The van der Waals surface area contributed by atoms with E-state index < -0.39 is 31.2 Å². The van der Waals surface area contributed by atoms with Gasteiger partial charge in [0.25, 0.3) is 0 Å². The fourth-order valence-electron chi connectivity index (χ4n) is 8.86. The number of rotatable bonds is 14. The van der Waals surface area contributed by atoms with Crippen LogP contribution >= 0.6 is 0 Å². The third kappa shape index (κ3) is 12.8. The first-order valence-corrected chi connectivity index (χ1v) is 29.0. The summed E-state index contributed by atoms with van der Waals surface area (Å²) in [5, 5.41) is 0. The second kappa shape index (κ2) is 25.3. The summed E-state index contributed by atoms with van der Waals surface area (Å²) in [7, 11) is -3.93. The zero-order valence-electron chi connectivity index (χ0n) is 46.2. The molecule has 0 aromatic heterocycles. The van der Waals surface area contributed by atoms with Gasteiger partial charge >= 0.3 is 5.97 Å². The Morgan fingerprint density at radius 1 is 0.392 bits per heavy atom. The Morgan fingerprint density at radius 3 is 1.04 bits per heavy atom. The van der Waals surface area contributed by atoms with Crippen LogP contribution in [0.5, 0.6) is 34.5 Å². The molecule has 0 amide bonds. The molecule has 10 nitrogen and oxygen atoms in total. The van der Waals surface area contributed by atoms with E-state index in [4.69, 9.17) is 23.7 Å². The summed E-state index contributed by atoms with van der Waals surface area (Å²) in [6, 6.07) is 64.7. The molecule has 9 aromatic carbocycles. The molecular formula is C67H66O10S2. The predicted molar refractivity (Wildman–Crippen MR) is 312 cm³/mol. The summed E-state index contributed by atoms with van der Waals surface area (Å²) >= 11 is 0. The topological polar surface area (TPSA) is 132 Å². The van der Waals surface area contributed by atoms with Crippen molar-refractivity contribution in [1.29, 1.82) is 0 Å². The number of hydrogen-bond donors (Lipinski definition) is 0. The molecule has 1 aliphatic rings. The molecule has 0 spiro atoms. The molecule has 1 aliphatic heterocycles. The highest BCUT2D eigenvalue weighted by Gasteiger charge is 2.48. The fraction of sp³-hybridized carbons (Fsp3) is 0.179. The molecule has 79 heavy (non-hydrogen) atoms. The van der Waals surface area contributed by atoms with Crippen LogP contribution in [-0.4, -0.2) is 37.0 Å². The van der Waals surface area contributed by atoms with Gasteiger partial charge in [-0.05, 0) is 152 Å². The maximum absolute atomic E-state index is 13.0. The molecule has 1 atom stereocenters. The van der Waals surface area contributed by atoms with E-state index in [-0.39, 0.29) is 25.0 Å². The summed E-state index contributed by atoms with van der Waals surface area (Å²) in [6.07, 6.45) is 0. The molecule has 10 rings (SSSR count). The fourth-order valence-corrected chi connectivity index (χ4v) is 11.4. The number of hydrogen-bond acceptors (Lipinski definition) is 10. The van der Waals surface area contributed by atoms with Crippen molar-refractivity contribution in [2.24, 2.45) is 0 Å². The summed E-state index contributed by atoms with van der Waals surface area (Å²) in [5.74, 6) is 3.43. The predicted octanol–water partition coefficient (Wildman–Crippen LogP) is 16.1. The highest BCUT2D eigenvalue weighted by atomic mass is 32.2. The van der Waals surface area contributed by atoms with Gasteiger partial charge in [0.15, 0.2) is 5.60 Å². The molecular weight excluding hydrogens is 1030 g/mol. The first-order valence-electron chi connectivity index (χ1n) is 26.0. The molecule has 0 N–H and O–H groups in total. The maximum atomic E-state index is 13.0. The monoisotopic (exact) mass is 1090 g/mol. The van der Waals surface area contributed by atoms with Gasteiger partial charge in [-0.1, -0.05) is 144 Å². The Balaban J connectivity index is 0.000000219. The van der Waals surface area contributed by atoms with Crippen molar-refractivity contribution in [2.75, 3.05) is 14.2 Å². The van der Waals surface area contributed by atoms with Crippen LogP contribution in [0.25, 0.3) is 0 Å². The zero-order chi connectivity index (χ0) is 57.0. The van der Waals surface area contributed by atoms with Crippen molar-refractivity contribution in [1.82, 2.24) is 0 Å². The van der Waals surface area contributed by atoms with Crippen molar-refractivity contribution in [3.63, 3.8) is 0 Å². The minimum atomic E-state index is -3.63. The van der Waals surface area contributed by atoms with Crippen molar-refractivity contribution in [2.45, 2.75) is 86.0 Å². The number of ether oxygens (including phenoxy) is 5. The average Bonchev–Trinajstić information content (AvgIpc) is 4.08. The van der Waals surface area contributed by atoms with Gasteiger partial charge in [-0.3, -0.25) is 0 Å². The zero-order valence-corrected chi connectivity index (χ0v) is 47.8. The van der Waals surface area contributed by atoms with Crippen molar-refractivity contribution >= 4 is 25.6 Å². The SMILES string of the molecule is CC.CC.COc1ccc(C(C)(C)c2ccc(Oc3ccc(S(=O)(=O)c4ccc(C)cc4)cc3)cc2)cc1.COc1ccc(C2(c3ccc(Oc4ccc(S(=O)(=O)c5ccc(C)cc5)cc4)cc3)OC(=O)c3ccccc32)cc1. The van der Waals surface area contributed by atoms with Crippen LogP contribution in [-0.2, 0) is 35.4 Å². The number of esters is 1. The molecule has 0 aliphatic carbocycles. The van der Waals surface area contributed by atoms with Gasteiger partial charge in [0, 0.05) is 22.1 Å². The number of carbonyl (C=O) groups excluding carboxylic acids is 1. The summed E-state index contributed by atoms with van der Waals surface area (Å²) < 4.78 is 80.4. The van der Waals surface area contributed by atoms with Crippen LogP contribution in [0.3, 0.4) is 0 Å². The van der Waals surface area contributed by atoms with Gasteiger partial charge in [-0.15, -0.1) is 0 Å². The van der Waals surface area contributed by atoms with E-state index in [1.165, 1.54) is 17.7 Å². The lowest BCUT2D eigenvalue weighted by atomic mass is 9.78. The van der Waals surface area contributed by atoms with E-state index in [0.717, 1.165) is 39.1 Å². The second-order valence-electron chi connectivity index (χ2n) is 18.5. The van der Waals surface area contributed by atoms with E-state index in [1.54, 1.807) is 117 Å². The third-order valence-corrected chi connectivity index (χ3v) is 16.9. The van der Waals surface area contributed by atoms with Gasteiger partial charge in [0.05, 0.1) is 39.4 Å². The lowest BCUT2D eigenvalue weighted by molar-refractivity contribution is 0.0251. The van der Waals surface area contributed by atoms with Crippen molar-refractivity contribution in [3.05, 3.63) is 263 Å². The van der Waals surface area contributed by atoms with Gasteiger partial charge in [-0.25, -0.2) is 21.6 Å². The molecule has 0 bridgehead atoms. The number of carbonyl (C=O) groups is 1. The number of methoxy groups -OCH3 is 2. The Kier molecular flexibility index (Phi) is 18.7. The van der Waals surface area contributed by atoms with Gasteiger partial charge in [0.2, 0.25) is 19.7 Å². The molecule has 0 saturated heterocycles. The smallest absolute Gasteiger partial charge is 0.340 e. The highest BCUT2D eigenvalue weighted by Crippen LogP contribution is 2.48. The Morgan fingerprint density at radius 2 is 0.684 bits per heavy atom. The molecule has 9 aromatic rings. The van der Waals surface area contributed by atoms with Crippen LogP contribution in [0.4, 0.5) is 0 Å². The first kappa shape index (κ1) is 58.2.